The number of fused-ring (bicyclic) bond motifs is 1. The molecule has 1 saturated heterocycles. The normalized spacial score (nSPS) is 17.3. The van der Waals surface area contributed by atoms with Gasteiger partial charge in [-0.15, -0.1) is 12.4 Å². The largest absolute Gasteiger partial charge is 0.348 e. The van der Waals surface area contributed by atoms with E-state index in [0.29, 0.717) is 23.0 Å². The minimum Gasteiger partial charge on any atom is -0.348 e. The number of benzene rings is 1. The van der Waals surface area contributed by atoms with Crippen LogP contribution in [0.1, 0.15) is 30.1 Å². The monoisotopic (exact) mass is 352 g/mol. The van der Waals surface area contributed by atoms with Gasteiger partial charge in [-0.2, -0.15) is 0 Å². The molecule has 0 bridgehead atoms. The molecule has 7 nitrogen and oxygen atoms in total. The second-order valence-corrected chi connectivity index (χ2v) is 5.76. The lowest BCUT2D eigenvalue weighted by Gasteiger charge is -2.23. The van der Waals surface area contributed by atoms with Crippen LogP contribution in [0.15, 0.2) is 27.8 Å². The minimum absolute atomic E-state index is 0. The van der Waals surface area contributed by atoms with Gasteiger partial charge in [-0.1, -0.05) is 0 Å². The average Bonchev–Trinajstić information content (AvgIpc) is 2.55. The Hall–Kier alpha value is -2.12. The fourth-order valence-electron chi connectivity index (χ4n) is 2.93. The Kier molecular flexibility index (Phi) is 5.80. The molecule has 1 aromatic carbocycles. The number of amides is 1. The van der Waals surface area contributed by atoms with Crippen molar-refractivity contribution in [3.8, 4) is 0 Å². The van der Waals surface area contributed by atoms with Crippen LogP contribution in [0.2, 0.25) is 0 Å². The van der Waals surface area contributed by atoms with Crippen molar-refractivity contribution in [1.82, 2.24) is 20.2 Å². The number of aromatic amines is 1. The number of halogens is 1. The number of aromatic nitrogens is 2. The molecular weight excluding hydrogens is 332 g/mol. The molecule has 1 aromatic heterocycles. The van der Waals surface area contributed by atoms with Gasteiger partial charge in [-0.25, -0.2) is 4.79 Å². The summed E-state index contributed by atoms with van der Waals surface area (Å²) in [6, 6.07) is 4.88. The Balaban J connectivity index is 0.00000208. The van der Waals surface area contributed by atoms with E-state index in [0.717, 1.165) is 30.5 Å². The van der Waals surface area contributed by atoms with Gasteiger partial charge in [0.1, 0.15) is 0 Å². The smallest absolute Gasteiger partial charge is 0.328 e. The van der Waals surface area contributed by atoms with Gasteiger partial charge in [-0.3, -0.25) is 14.2 Å². The Morgan fingerprint density at radius 3 is 2.83 bits per heavy atom. The molecule has 24 heavy (non-hydrogen) atoms. The molecule has 1 fully saturated rings. The van der Waals surface area contributed by atoms with E-state index in [1.165, 1.54) is 0 Å². The molecule has 8 heteroatoms. The first-order valence-corrected chi connectivity index (χ1v) is 7.88. The molecule has 1 aliphatic heterocycles. The Bertz CT molecular complexity index is 853. The lowest BCUT2D eigenvalue weighted by Crippen LogP contribution is -2.45. The standard InChI is InChI=1S/C16H20N4O3.ClH/c1-2-20-15(22)12-6-5-10(8-13(12)19-16(20)23)14(21)18-11-4-3-7-17-9-11;/h5-6,8,11,17H,2-4,7,9H2,1H3,(H,18,21)(H,19,23);1H/t11-;/m0./s1. The van der Waals surface area contributed by atoms with Crippen LogP contribution in [-0.2, 0) is 6.54 Å². The summed E-state index contributed by atoms with van der Waals surface area (Å²) in [6.07, 6.45) is 1.98. The lowest BCUT2D eigenvalue weighted by molar-refractivity contribution is 0.0931. The lowest BCUT2D eigenvalue weighted by atomic mass is 10.1. The van der Waals surface area contributed by atoms with E-state index >= 15 is 0 Å². The van der Waals surface area contributed by atoms with Gasteiger partial charge in [-0.05, 0) is 44.5 Å². The van der Waals surface area contributed by atoms with Crippen molar-refractivity contribution in [3.63, 3.8) is 0 Å². The Morgan fingerprint density at radius 2 is 2.17 bits per heavy atom. The van der Waals surface area contributed by atoms with Crippen LogP contribution < -0.4 is 21.9 Å². The number of piperidine rings is 1. The van der Waals surface area contributed by atoms with Crippen molar-refractivity contribution >= 4 is 29.2 Å². The van der Waals surface area contributed by atoms with Crippen molar-refractivity contribution in [3.05, 3.63) is 44.6 Å². The van der Waals surface area contributed by atoms with E-state index < -0.39 is 5.69 Å². The third-order valence-electron chi connectivity index (χ3n) is 4.19. The third-order valence-corrected chi connectivity index (χ3v) is 4.19. The topological polar surface area (TPSA) is 96.0 Å². The highest BCUT2D eigenvalue weighted by molar-refractivity contribution is 5.97. The van der Waals surface area contributed by atoms with Gasteiger partial charge in [0.15, 0.2) is 0 Å². The van der Waals surface area contributed by atoms with Gasteiger partial charge in [0, 0.05) is 24.7 Å². The zero-order chi connectivity index (χ0) is 16.4. The first-order chi connectivity index (χ1) is 11.1. The van der Waals surface area contributed by atoms with Crippen LogP contribution in [0.5, 0.6) is 0 Å². The molecule has 3 rings (SSSR count). The van der Waals surface area contributed by atoms with E-state index in [2.05, 4.69) is 15.6 Å². The first kappa shape index (κ1) is 18.2. The second-order valence-electron chi connectivity index (χ2n) is 5.76. The van der Waals surface area contributed by atoms with Crippen molar-refractivity contribution < 1.29 is 4.79 Å². The van der Waals surface area contributed by atoms with Crippen LogP contribution in [0, 0.1) is 0 Å². The second kappa shape index (κ2) is 7.63. The van der Waals surface area contributed by atoms with E-state index in [9.17, 15) is 14.4 Å². The Morgan fingerprint density at radius 1 is 1.38 bits per heavy atom. The summed E-state index contributed by atoms with van der Waals surface area (Å²) >= 11 is 0. The van der Waals surface area contributed by atoms with Gasteiger partial charge >= 0.3 is 5.69 Å². The summed E-state index contributed by atoms with van der Waals surface area (Å²) in [6.45, 7) is 3.79. The summed E-state index contributed by atoms with van der Waals surface area (Å²) in [5.41, 5.74) is 0.0280. The van der Waals surface area contributed by atoms with Crippen LogP contribution >= 0.6 is 12.4 Å². The molecule has 1 aliphatic rings. The number of carbonyl (C=O) groups is 1. The van der Waals surface area contributed by atoms with E-state index in [1.807, 2.05) is 0 Å². The van der Waals surface area contributed by atoms with E-state index in [1.54, 1.807) is 25.1 Å². The molecule has 1 atom stereocenters. The highest BCUT2D eigenvalue weighted by atomic mass is 35.5. The number of nitrogens with zero attached hydrogens (tertiary/aromatic N) is 1. The highest BCUT2D eigenvalue weighted by Gasteiger charge is 2.17. The fraction of sp³-hybridized carbons (Fsp3) is 0.438. The molecule has 0 unspecified atom stereocenters. The number of H-pyrrole nitrogens is 1. The minimum atomic E-state index is -0.459. The van der Waals surface area contributed by atoms with Crippen LogP contribution in [0.3, 0.4) is 0 Å². The SMILES string of the molecule is CCn1c(=O)[nH]c2cc(C(=O)N[C@H]3CCCNC3)ccc2c1=O.Cl. The van der Waals surface area contributed by atoms with E-state index in [4.69, 9.17) is 0 Å². The maximum absolute atomic E-state index is 12.3. The van der Waals surface area contributed by atoms with Crippen molar-refractivity contribution in [1.29, 1.82) is 0 Å². The number of hydrogen-bond acceptors (Lipinski definition) is 4. The molecule has 130 valence electrons. The summed E-state index contributed by atoms with van der Waals surface area (Å²) in [7, 11) is 0. The molecule has 0 radical (unpaired) electrons. The van der Waals surface area contributed by atoms with Crippen LogP contribution in [0.4, 0.5) is 0 Å². The third kappa shape index (κ3) is 3.52. The van der Waals surface area contributed by atoms with Crippen molar-refractivity contribution in [2.45, 2.75) is 32.4 Å². The van der Waals surface area contributed by atoms with Gasteiger partial charge in [0.2, 0.25) is 0 Å². The van der Waals surface area contributed by atoms with Gasteiger partial charge in [0.25, 0.3) is 11.5 Å². The van der Waals surface area contributed by atoms with Gasteiger partial charge < -0.3 is 15.6 Å². The van der Waals surface area contributed by atoms with Crippen molar-refractivity contribution in [2.24, 2.45) is 0 Å². The number of hydrogen-bond donors (Lipinski definition) is 3. The molecule has 0 saturated carbocycles. The quantitative estimate of drug-likeness (QED) is 0.754. The summed E-state index contributed by atoms with van der Waals surface area (Å²) in [5, 5.41) is 6.62. The first-order valence-electron chi connectivity index (χ1n) is 7.88. The van der Waals surface area contributed by atoms with Crippen LogP contribution in [-0.4, -0.2) is 34.6 Å². The average molecular weight is 353 g/mol. The molecule has 0 aliphatic carbocycles. The number of carbonyl (C=O) groups excluding carboxylic acids is 1. The molecular formula is C16H21ClN4O3. The summed E-state index contributed by atoms with van der Waals surface area (Å²) in [4.78, 5) is 39.1. The predicted molar refractivity (Wildman–Crippen MR) is 95.1 cm³/mol. The Labute approximate surface area is 144 Å². The summed E-state index contributed by atoms with van der Waals surface area (Å²) in [5.74, 6) is -0.193. The van der Waals surface area contributed by atoms with Crippen molar-refractivity contribution in [2.75, 3.05) is 13.1 Å². The maximum atomic E-state index is 12.3. The molecule has 1 amide bonds. The zero-order valence-electron chi connectivity index (χ0n) is 13.4. The van der Waals surface area contributed by atoms with E-state index in [-0.39, 0.29) is 29.9 Å². The molecule has 0 spiro atoms. The zero-order valence-corrected chi connectivity index (χ0v) is 14.2. The number of rotatable bonds is 3. The summed E-state index contributed by atoms with van der Waals surface area (Å²) < 4.78 is 1.13. The maximum Gasteiger partial charge on any atom is 0.328 e. The molecule has 3 N–H and O–H groups in total. The predicted octanol–water partition coefficient (Wildman–Crippen LogP) is 0.613. The number of nitrogens with one attached hydrogen (secondary N) is 3. The highest BCUT2D eigenvalue weighted by Crippen LogP contribution is 2.10. The van der Waals surface area contributed by atoms with Crippen LogP contribution in [0.25, 0.3) is 10.9 Å². The molecule has 2 aromatic rings. The fourth-order valence-corrected chi connectivity index (χ4v) is 2.93. The molecule has 2 heterocycles. The van der Waals surface area contributed by atoms with Gasteiger partial charge in [0.05, 0.1) is 10.9 Å².